The van der Waals surface area contributed by atoms with Gasteiger partial charge in [0.25, 0.3) is 5.91 Å². The van der Waals surface area contributed by atoms with Gasteiger partial charge in [0.05, 0.1) is 5.69 Å². The molecule has 104 valence electrons. The summed E-state index contributed by atoms with van der Waals surface area (Å²) in [6.45, 7) is 0.0487. The maximum atomic E-state index is 12.6. The van der Waals surface area contributed by atoms with Crippen molar-refractivity contribution >= 4 is 17.4 Å². The SMILES string of the molecule is O=C1COc2ccc(C(=O)C3C4CCCCC43)cc2N1. The smallest absolute Gasteiger partial charge is 0.262 e. The van der Waals surface area contributed by atoms with Gasteiger partial charge in [-0.25, -0.2) is 0 Å². The normalized spacial score (nSPS) is 30.6. The first-order valence-corrected chi connectivity index (χ1v) is 7.35. The van der Waals surface area contributed by atoms with Crippen molar-refractivity contribution in [2.45, 2.75) is 25.7 Å². The van der Waals surface area contributed by atoms with Gasteiger partial charge < -0.3 is 10.1 Å². The fourth-order valence-corrected chi connectivity index (χ4v) is 3.81. The van der Waals surface area contributed by atoms with Crippen LogP contribution in [0.3, 0.4) is 0 Å². The Morgan fingerprint density at radius 3 is 2.70 bits per heavy atom. The highest BCUT2D eigenvalue weighted by Crippen LogP contribution is 2.56. The van der Waals surface area contributed by atoms with E-state index in [2.05, 4.69) is 5.32 Å². The zero-order valence-electron chi connectivity index (χ0n) is 11.2. The molecule has 2 unspecified atom stereocenters. The van der Waals surface area contributed by atoms with Crippen LogP contribution < -0.4 is 10.1 Å². The first-order chi connectivity index (χ1) is 9.74. The van der Waals surface area contributed by atoms with Crippen molar-refractivity contribution in [2.75, 3.05) is 11.9 Å². The number of benzene rings is 1. The molecule has 1 amide bonds. The molecule has 0 spiro atoms. The van der Waals surface area contributed by atoms with Crippen LogP contribution in [-0.2, 0) is 4.79 Å². The number of fused-ring (bicyclic) bond motifs is 2. The highest BCUT2D eigenvalue weighted by molar-refractivity contribution is 6.03. The van der Waals surface area contributed by atoms with E-state index in [9.17, 15) is 9.59 Å². The third-order valence-electron chi connectivity index (χ3n) is 4.86. The summed E-state index contributed by atoms with van der Waals surface area (Å²) in [7, 11) is 0. The Morgan fingerprint density at radius 1 is 1.20 bits per heavy atom. The van der Waals surface area contributed by atoms with Crippen molar-refractivity contribution in [1.82, 2.24) is 0 Å². The molecule has 20 heavy (non-hydrogen) atoms. The van der Waals surface area contributed by atoms with Crippen LogP contribution in [0.4, 0.5) is 5.69 Å². The van der Waals surface area contributed by atoms with Gasteiger partial charge in [0.1, 0.15) is 5.75 Å². The van der Waals surface area contributed by atoms with Gasteiger partial charge in [0, 0.05) is 11.5 Å². The molecule has 1 aromatic rings. The predicted molar refractivity (Wildman–Crippen MR) is 73.8 cm³/mol. The number of Topliss-reactive ketones (excluding diaryl/α,β-unsaturated/α-hetero) is 1. The molecule has 2 fully saturated rings. The van der Waals surface area contributed by atoms with Crippen molar-refractivity contribution in [2.24, 2.45) is 17.8 Å². The second-order valence-electron chi connectivity index (χ2n) is 6.05. The van der Waals surface area contributed by atoms with Crippen LogP contribution in [0.15, 0.2) is 18.2 Å². The van der Waals surface area contributed by atoms with Crippen LogP contribution in [-0.4, -0.2) is 18.3 Å². The van der Waals surface area contributed by atoms with E-state index in [1.807, 2.05) is 6.07 Å². The molecule has 4 rings (SSSR count). The van der Waals surface area contributed by atoms with Gasteiger partial charge in [-0.15, -0.1) is 0 Å². The lowest BCUT2D eigenvalue weighted by atomic mass is 10.0. The minimum atomic E-state index is -0.165. The van der Waals surface area contributed by atoms with Crippen LogP contribution >= 0.6 is 0 Å². The van der Waals surface area contributed by atoms with Crippen LogP contribution in [0.5, 0.6) is 5.75 Å². The first kappa shape index (κ1) is 11.9. The van der Waals surface area contributed by atoms with Crippen molar-refractivity contribution in [3.05, 3.63) is 23.8 Å². The topological polar surface area (TPSA) is 55.4 Å². The monoisotopic (exact) mass is 271 g/mol. The largest absolute Gasteiger partial charge is 0.482 e. The summed E-state index contributed by atoms with van der Waals surface area (Å²) in [6, 6.07) is 5.37. The number of anilines is 1. The number of hydrogen-bond donors (Lipinski definition) is 1. The first-order valence-electron chi connectivity index (χ1n) is 7.35. The van der Waals surface area contributed by atoms with Crippen LogP contribution in [0.2, 0.25) is 0 Å². The van der Waals surface area contributed by atoms with E-state index in [1.165, 1.54) is 25.7 Å². The lowest BCUT2D eigenvalue weighted by Gasteiger charge is -2.18. The maximum Gasteiger partial charge on any atom is 0.262 e. The number of nitrogens with one attached hydrogen (secondary N) is 1. The third kappa shape index (κ3) is 1.82. The minimum absolute atomic E-state index is 0.0487. The standard InChI is InChI=1S/C16H17NO3/c18-14-8-20-13-6-5-9(7-12(13)17-14)16(19)15-10-3-1-2-4-11(10)15/h5-7,10-11,15H,1-4,8H2,(H,17,18). The molecule has 0 bridgehead atoms. The molecule has 0 aromatic heterocycles. The van der Waals surface area contributed by atoms with E-state index in [1.54, 1.807) is 12.1 Å². The minimum Gasteiger partial charge on any atom is -0.482 e. The number of hydrogen-bond acceptors (Lipinski definition) is 3. The Balaban J connectivity index is 1.58. The number of ketones is 1. The summed E-state index contributed by atoms with van der Waals surface area (Å²) < 4.78 is 5.32. The third-order valence-corrected chi connectivity index (χ3v) is 4.86. The fraction of sp³-hybridized carbons (Fsp3) is 0.500. The van der Waals surface area contributed by atoms with E-state index >= 15 is 0 Å². The molecule has 0 saturated heterocycles. The summed E-state index contributed by atoms with van der Waals surface area (Å²) in [5.41, 5.74) is 1.32. The highest BCUT2D eigenvalue weighted by Gasteiger charge is 2.54. The van der Waals surface area contributed by atoms with Gasteiger partial charge in [-0.1, -0.05) is 12.8 Å². The summed E-state index contributed by atoms with van der Waals surface area (Å²) >= 11 is 0. The number of amides is 1. The summed E-state index contributed by atoms with van der Waals surface area (Å²) in [5, 5.41) is 2.76. The molecule has 1 aromatic carbocycles. The lowest BCUT2D eigenvalue weighted by molar-refractivity contribution is -0.118. The molecule has 2 aliphatic carbocycles. The molecular weight excluding hydrogens is 254 g/mol. The van der Waals surface area contributed by atoms with Crippen molar-refractivity contribution in [1.29, 1.82) is 0 Å². The Kier molecular flexibility index (Phi) is 2.59. The molecule has 1 N–H and O–H groups in total. The van der Waals surface area contributed by atoms with Gasteiger partial charge >= 0.3 is 0 Å². The Bertz CT molecular complexity index is 583. The van der Waals surface area contributed by atoms with Gasteiger partial charge in [0.2, 0.25) is 0 Å². The Labute approximate surface area is 117 Å². The average Bonchev–Trinajstić information content (AvgIpc) is 3.20. The van der Waals surface area contributed by atoms with E-state index in [0.717, 1.165) is 0 Å². The quantitative estimate of drug-likeness (QED) is 0.841. The second-order valence-corrected chi connectivity index (χ2v) is 6.05. The zero-order valence-corrected chi connectivity index (χ0v) is 11.2. The van der Waals surface area contributed by atoms with E-state index in [-0.39, 0.29) is 24.2 Å². The lowest BCUT2D eigenvalue weighted by Crippen LogP contribution is -2.25. The predicted octanol–water partition coefficient (Wildman–Crippen LogP) is 2.64. The van der Waals surface area contributed by atoms with Gasteiger partial charge in [-0.05, 0) is 42.9 Å². The van der Waals surface area contributed by atoms with E-state index < -0.39 is 0 Å². The highest BCUT2D eigenvalue weighted by atomic mass is 16.5. The fourth-order valence-electron chi connectivity index (χ4n) is 3.81. The van der Waals surface area contributed by atoms with Crippen LogP contribution in [0.25, 0.3) is 0 Å². The summed E-state index contributed by atoms with van der Waals surface area (Å²) in [6.07, 6.45) is 4.93. The van der Waals surface area contributed by atoms with Gasteiger partial charge in [-0.3, -0.25) is 9.59 Å². The number of rotatable bonds is 2. The number of carbonyl (C=O) groups excluding carboxylic acids is 2. The second kappa shape index (κ2) is 4.33. The summed E-state index contributed by atoms with van der Waals surface area (Å²) in [5.74, 6) is 2.16. The molecule has 4 heteroatoms. The molecule has 2 atom stereocenters. The number of carbonyl (C=O) groups is 2. The number of ether oxygens (including phenoxy) is 1. The molecule has 2 saturated carbocycles. The van der Waals surface area contributed by atoms with Gasteiger partial charge in [0.15, 0.2) is 12.4 Å². The molecule has 1 heterocycles. The van der Waals surface area contributed by atoms with Crippen molar-refractivity contribution in [3.8, 4) is 5.75 Å². The van der Waals surface area contributed by atoms with E-state index in [0.29, 0.717) is 28.8 Å². The molecule has 4 nitrogen and oxygen atoms in total. The van der Waals surface area contributed by atoms with Crippen LogP contribution in [0.1, 0.15) is 36.0 Å². The van der Waals surface area contributed by atoms with E-state index in [4.69, 9.17) is 4.74 Å². The average molecular weight is 271 g/mol. The zero-order chi connectivity index (χ0) is 13.7. The Morgan fingerprint density at radius 2 is 1.95 bits per heavy atom. The molecule has 3 aliphatic rings. The van der Waals surface area contributed by atoms with Crippen LogP contribution in [0, 0.1) is 17.8 Å². The Hall–Kier alpha value is -1.84. The molecule has 0 radical (unpaired) electrons. The molecular formula is C16H17NO3. The summed E-state index contributed by atoms with van der Waals surface area (Å²) in [4.78, 5) is 23.9. The van der Waals surface area contributed by atoms with Crippen molar-refractivity contribution < 1.29 is 14.3 Å². The van der Waals surface area contributed by atoms with Gasteiger partial charge in [-0.2, -0.15) is 0 Å². The maximum absolute atomic E-state index is 12.6. The molecule has 1 aliphatic heterocycles. The van der Waals surface area contributed by atoms with Crippen molar-refractivity contribution in [3.63, 3.8) is 0 Å².